The molecule has 0 bridgehead atoms. The third kappa shape index (κ3) is 2.48. The fraction of sp³-hybridized carbons (Fsp3) is 0.250. The van der Waals surface area contributed by atoms with Crippen molar-refractivity contribution in [2.45, 2.75) is 20.4 Å². The van der Waals surface area contributed by atoms with Crippen molar-refractivity contribution >= 4 is 63.0 Å². The molecular weight excluding hydrogens is 335 g/mol. The van der Waals surface area contributed by atoms with Crippen LogP contribution in [0, 0.1) is 13.8 Å². The molecule has 1 aromatic carbocycles. The average Bonchev–Trinajstić information content (AvgIpc) is 2.97. The Morgan fingerprint density at radius 3 is 2.60 bits per heavy atom. The number of aryl methyl sites for hydroxylation is 2. The van der Waals surface area contributed by atoms with Gasteiger partial charge in [-0.1, -0.05) is 23.2 Å². The van der Waals surface area contributed by atoms with E-state index in [9.17, 15) is 0 Å². The first-order chi connectivity index (χ1) is 9.56. The lowest BCUT2D eigenvalue weighted by atomic mass is 10.2. The summed E-state index contributed by atoms with van der Waals surface area (Å²) in [7, 11) is 0. The summed E-state index contributed by atoms with van der Waals surface area (Å²) in [6.07, 6.45) is 0. The highest BCUT2D eigenvalue weighted by atomic mass is 35.5. The summed E-state index contributed by atoms with van der Waals surface area (Å²) < 4.78 is 8.44. The Morgan fingerprint density at radius 2 is 1.90 bits per heavy atom. The molecule has 0 amide bonds. The molecule has 2 heterocycles. The SMILES string of the molecule is Cc1nc(CNc2c(Cl)cc(Cl)c3c2N=S=N3)sc1C. The van der Waals surface area contributed by atoms with Crippen molar-refractivity contribution in [3.05, 3.63) is 31.7 Å². The third-order valence-corrected chi connectivity index (χ3v) is 5.12. The van der Waals surface area contributed by atoms with Crippen LogP contribution in [0.4, 0.5) is 17.1 Å². The fourth-order valence-corrected chi connectivity index (χ4v) is 3.87. The van der Waals surface area contributed by atoms with Crippen LogP contribution in [0.1, 0.15) is 15.6 Å². The number of anilines is 1. The molecule has 1 aromatic heterocycles. The lowest BCUT2D eigenvalue weighted by Gasteiger charge is -2.10. The second-order valence-corrected chi connectivity index (χ2v) is 6.91. The van der Waals surface area contributed by atoms with Crippen molar-refractivity contribution in [2.75, 3.05) is 5.32 Å². The highest BCUT2D eigenvalue weighted by molar-refractivity contribution is 7.58. The maximum atomic E-state index is 6.24. The molecule has 0 saturated carbocycles. The van der Waals surface area contributed by atoms with E-state index < -0.39 is 0 Å². The van der Waals surface area contributed by atoms with E-state index in [4.69, 9.17) is 23.2 Å². The van der Waals surface area contributed by atoms with Gasteiger partial charge in [-0.3, -0.25) is 0 Å². The Kier molecular flexibility index (Phi) is 3.81. The molecule has 1 N–H and O–H groups in total. The Morgan fingerprint density at radius 1 is 1.15 bits per heavy atom. The summed E-state index contributed by atoms with van der Waals surface area (Å²) in [6, 6.07) is 1.69. The van der Waals surface area contributed by atoms with Crippen LogP contribution >= 0.6 is 34.5 Å². The maximum absolute atomic E-state index is 6.24. The molecule has 2 aromatic rings. The predicted octanol–water partition coefficient (Wildman–Crippen LogP) is 5.41. The Hall–Kier alpha value is -0.950. The van der Waals surface area contributed by atoms with Gasteiger partial charge in [-0.2, -0.15) is 8.73 Å². The van der Waals surface area contributed by atoms with Gasteiger partial charge in [0.25, 0.3) is 0 Å². The lowest BCUT2D eigenvalue weighted by molar-refractivity contribution is 1.07. The predicted molar refractivity (Wildman–Crippen MR) is 86.9 cm³/mol. The van der Waals surface area contributed by atoms with Gasteiger partial charge in [0.2, 0.25) is 0 Å². The number of fused-ring (bicyclic) bond motifs is 1. The fourth-order valence-electron chi connectivity index (χ4n) is 1.82. The molecule has 20 heavy (non-hydrogen) atoms. The van der Waals surface area contributed by atoms with E-state index in [1.165, 1.54) is 4.88 Å². The number of halogens is 2. The minimum absolute atomic E-state index is 0.519. The first kappa shape index (κ1) is 14.0. The van der Waals surface area contributed by atoms with Crippen LogP contribution in [-0.2, 0) is 17.9 Å². The highest BCUT2D eigenvalue weighted by Crippen LogP contribution is 2.47. The maximum Gasteiger partial charge on any atom is 0.130 e. The molecule has 8 heteroatoms. The summed E-state index contributed by atoms with van der Waals surface area (Å²) in [6.45, 7) is 4.68. The van der Waals surface area contributed by atoms with E-state index in [1.54, 1.807) is 17.4 Å². The van der Waals surface area contributed by atoms with E-state index in [1.807, 2.05) is 6.92 Å². The molecule has 0 saturated heterocycles. The van der Waals surface area contributed by atoms with Gasteiger partial charge in [0.15, 0.2) is 0 Å². The molecule has 0 spiro atoms. The van der Waals surface area contributed by atoms with Crippen LogP contribution in [0.2, 0.25) is 10.0 Å². The van der Waals surface area contributed by atoms with Gasteiger partial charge in [-0.25, -0.2) is 4.98 Å². The number of nitrogens with one attached hydrogen (secondary N) is 1. The van der Waals surface area contributed by atoms with Crippen molar-refractivity contribution in [3.63, 3.8) is 0 Å². The Labute approximate surface area is 134 Å². The van der Waals surface area contributed by atoms with Gasteiger partial charge in [0.1, 0.15) is 16.4 Å². The summed E-state index contributed by atoms with van der Waals surface area (Å²) in [5, 5.41) is 5.36. The Balaban J connectivity index is 1.89. The van der Waals surface area contributed by atoms with Crippen molar-refractivity contribution < 1.29 is 0 Å². The van der Waals surface area contributed by atoms with Gasteiger partial charge in [0, 0.05) is 4.88 Å². The van der Waals surface area contributed by atoms with Crippen LogP contribution in [0.3, 0.4) is 0 Å². The monoisotopic (exact) mass is 344 g/mol. The number of thiazole rings is 1. The van der Waals surface area contributed by atoms with Crippen molar-refractivity contribution in [2.24, 2.45) is 8.73 Å². The second kappa shape index (κ2) is 5.44. The van der Waals surface area contributed by atoms with E-state index >= 15 is 0 Å². The van der Waals surface area contributed by atoms with Crippen molar-refractivity contribution in [3.8, 4) is 0 Å². The minimum Gasteiger partial charge on any atom is -0.375 e. The minimum atomic E-state index is 0.519. The molecule has 3 rings (SSSR count). The van der Waals surface area contributed by atoms with Crippen LogP contribution in [0.25, 0.3) is 0 Å². The quantitative estimate of drug-likeness (QED) is 0.690. The van der Waals surface area contributed by atoms with E-state index in [0.717, 1.165) is 27.7 Å². The summed E-state index contributed by atoms with van der Waals surface area (Å²) in [5.41, 5.74) is 3.20. The molecule has 1 aliphatic rings. The van der Waals surface area contributed by atoms with Crippen LogP contribution in [0.5, 0.6) is 0 Å². The zero-order valence-electron chi connectivity index (χ0n) is 10.7. The van der Waals surface area contributed by atoms with Crippen LogP contribution in [-0.4, -0.2) is 4.98 Å². The molecule has 1 aliphatic heterocycles. The van der Waals surface area contributed by atoms with Gasteiger partial charge in [0.05, 0.1) is 39.3 Å². The van der Waals surface area contributed by atoms with E-state index in [-0.39, 0.29) is 0 Å². The van der Waals surface area contributed by atoms with E-state index in [2.05, 4.69) is 25.9 Å². The van der Waals surface area contributed by atoms with Crippen LogP contribution < -0.4 is 5.32 Å². The smallest absolute Gasteiger partial charge is 0.130 e. The lowest BCUT2D eigenvalue weighted by Crippen LogP contribution is -2.00. The number of rotatable bonds is 3. The molecule has 0 atom stereocenters. The molecule has 0 radical (unpaired) electrons. The van der Waals surface area contributed by atoms with Crippen molar-refractivity contribution in [1.82, 2.24) is 4.98 Å². The molecule has 0 unspecified atom stereocenters. The number of hydrogen-bond acceptors (Lipinski definition) is 5. The van der Waals surface area contributed by atoms with Gasteiger partial charge >= 0.3 is 0 Å². The molecule has 0 aliphatic carbocycles. The van der Waals surface area contributed by atoms with E-state index in [0.29, 0.717) is 28.0 Å². The molecule has 4 nitrogen and oxygen atoms in total. The third-order valence-electron chi connectivity index (χ3n) is 2.93. The highest BCUT2D eigenvalue weighted by Gasteiger charge is 2.18. The zero-order chi connectivity index (χ0) is 14.3. The largest absolute Gasteiger partial charge is 0.375 e. The summed E-state index contributed by atoms with van der Waals surface area (Å²) >= 11 is 15.1. The Bertz CT molecular complexity index is 744. The van der Waals surface area contributed by atoms with Crippen molar-refractivity contribution in [1.29, 1.82) is 0 Å². The standard InChI is InChI=1S/C12H10Cl2N4S2/c1-5-6(2)19-9(16-5)4-15-10-7(13)3-8(14)11-12(10)18-20-17-11/h3,15H,4H2,1-2H3. The van der Waals surface area contributed by atoms with Crippen LogP contribution in [0.15, 0.2) is 14.8 Å². The number of benzene rings is 1. The first-order valence-electron chi connectivity index (χ1n) is 5.83. The summed E-state index contributed by atoms with van der Waals surface area (Å²) in [4.78, 5) is 5.72. The molecular formula is C12H10Cl2N4S2. The second-order valence-electron chi connectivity index (χ2n) is 4.28. The normalized spacial score (nSPS) is 12.4. The average molecular weight is 345 g/mol. The zero-order valence-corrected chi connectivity index (χ0v) is 13.8. The molecule has 104 valence electrons. The molecule has 0 fully saturated rings. The first-order valence-corrected chi connectivity index (χ1v) is 8.13. The van der Waals surface area contributed by atoms with Gasteiger partial charge in [-0.15, -0.1) is 11.3 Å². The van der Waals surface area contributed by atoms with Gasteiger partial charge < -0.3 is 5.32 Å². The number of aromatic nitrogens is 1. The number of hydrogen-bond donors (Lipinski definition) is 1. The topological polar surface area (TPSA) is 49.6 Å². The van der Waals surface area contributed by atoms with Gasteiger partial charge in [-0.05, 0) is 19.9 Å². The number of nitrogens with zero attached hydrogens (tertiary/aromatic N) is 3. The summed E-state index contributed by atoms with van der Waals surface area (Å²) in [5.74, 6) is 0.